The second-order valence-electron chi connectivity index (χ2n) is 8.06. The zero-order valence-electron chi connectivity index (χ0n) is 15.6. The Balaban J connectivity index is 1.28. The van der Waals surface area contributed by atoms with Crippen LogP contribution in [0.1, 0.15) is 34.3 Å². The average molecular weight is 384 g/mol. The lowest BCUT2D eigenvalue weighted by atomic mass is 10.0. The molecule has 2 N–H and O–H groups in total. The Hall–Kier alpha value is -2.29. The second-order valence-corrected chi connectivity index (χ2v) is 8.06. The van der Waals surface area contributed by atoms with E-state index in [1.165, 1.54) is 0 Å². The summed E-state index contributed by atoms with van der Waals surface area (Å²) in [5, 5.41) is 5.85. The van der Waals surface area contributed by atoms with E-state index in [0.29, 0.717) is 24.6 Å². The van der Waals surface area contributed by atoms with Crippen LogP contribution in [-0.4, -0.2) is 72.0 Å². The number of carbonyl (C=O) groups is 3. The van der Waals surface area contributed by atoms with Crippen LogP contribution in [0.5, 0.6) is 0 Å². The summed E-state index contributed by atoms with van der Waals surface area (Å²) in [5.74, 6) is -0.756. The van der Waals surface area contributed by atoms with E-state index in [0.717, 1.165) is 43.9 Å². The van der Waals surface area contributed by atoms with Crippen LogP contribution in [0.15, 0.2) is 18.2 Å². The summed E-state index contributed by atoms with van der Waals surface area (Å²) in [4.78, 5) is 40.4. The fourth-order valence-electron chi connectivity index (χ4n) is 4.76. The first-order valence-electron chi connectivity index (χ1n) is 9.92. The van der Waals surface area contributed by atoms with Gasteiger partial charge in [-0.05, 0) is 23.6 Å². The van der Waals surface area contributed by atoms with Crippen molar-refractivity contribution in [3.8, 4) is 0 Å². The van der Waals surface area contributed by atoms with Crippen molar-refractivity contribution in [3.63, 3.8) is 0 Å². The predicted molar refractivity (Wildman–Crippen MR) is 99.3 cm³/mol. The van der Waals surface area contributed by atoms with Gasteiger partial charge in [0.15, 0.2) is 0 Å². The molecule has 5 rings (SSSR count). The van der Waals surface area contributed by atoms with Gasteiger partial charge in [-0.25, -0.2) is 0 Å². The fourth-order valence-corrected chi connectivity index (χ4v) is 4.76. The van der Waals surface area contributed by atoms with Crippen molar-refractivity contribution in [1.29, 1.82) is 0 Å². The Labute approximate surface area is 163 Å². The molecule has 28 heavy (non-hydrogen) atoms. The summed E-state index contributed by atoms with van der Waals surface area (Å²) in [7, 11) is 0. The molecule has 4 aliphatic heterocycles. The molecule has 8 heteroatoms. The number of piperidine rings is 1. The van der Waals surface area contributed by atoms with Gasteiger partial charge in [-0.3, -0.25) is 24.6 Å². The SMILES string of the molecule is O=C1CCC(N2Cc3ccc(CN4C[C@@H]5NCCO[C@@H]5C4)cc3C2=O)C(=O)N1. The van der Waals surface area contributed by atoms with E-state index in [2.05, 4.69) is 21.6 Å². The molecule has 8 nitrogen and oxygen atoms in total. The van der Waals surface area contributed by atoms with E-state index in [1.807, 2.05) is 12.1 Å². The number of benzene rings is 1. The van der Waals surface area contributed by atoms with E-state index in [4.69, 9.17) is 4.74 Å². The molecule has 4 heterocycles. The van der Waals surface area contributed by atoms with Crippen molar-refractivity contribution < 1.29 is 19.1 Å². The maximum Gasteiger partial charge on any atom is 0.255 e. The summed E-state index contributed by atoms with van der Waals surface area (Å²) in [6.07, 6.45) is 0.906. The first-order chi connectivity index (χ1) is 13.6. The number of fused-ring (bicyclic) bond motifs is 2. The molecule has 3 fully saturated rings. The first-order valence-corrected chi connectivity index (χ1v) is 9.92. The monoisotopic (exact) mass is 384 g/mol. The summed E-state index contributed by atoms with van der Waals surface area (Å²) in [5.41, 5.74) is 2.71. The lowest BCUT2D eigenvalue weighted by Crippen LogP contribution is -2.52. The number of likely N-dealkylation sites (tertiary alicyclic amines) is 1. The summed E-state index contributed by atoms with van der Waals surface area (Å²) in [6.45, 7) is 4.70. The fraction of sp³-hybridized carbons (Fsp3) is 0.550. The molecule has 1 unspecified atom stereocenters. The Morgan fingerprint density at radius 3 is 2.89 bits per heavy atom. The zero-order valence-corrected chi connectivity index (χ0v) is 15.6. The lowest BCUT2D eigenvalue weighted by Gasteiger charge is -2.29. The standard InChI is InChI=1S/C20H24N4O4/c25-18-4-3-16(19(26)22-18)24-9-13-2-1-12(7-14(13)20(24)27)8-23-10-15-17(11-23)28-6-5-21-15/h1-2,7,15-17,21H,3-6,8-11H2,(H,22,25,26)/t15-,16?,17+/m0/s1. The number of rotatable bonds is 3. The highest BCUT2D eigenvalue weighted by Crippen LogP contribution is 2.29. The van der Waals surface area contributed by atoms with Gasteiger partial charge < -0.3 is 15.0 Å². The molecule has 3 amide bonds. The molecular weight excluding hydrogens is 360 g/mol. The maximum absolute atomic E-state index is 12.9. The van der Waals surface area contributed by atoms with E-state index in [-0.39, 0.29) is 30.2 Å². The molecule has 0 spiro atoms. The van der Waals surface area contributed by atoms with Gasteiger partial charge in [0, 0.05) is 50.7 Å². The smallest absolute Gasteiger partial charge is 0.255 e. The summed E-state index contributed by atoms with van der Waals surface area (Å²) in [6, 6.07) is 5.83. The highest BCUT2D eigenvalue weighted by molar-refractivity contribution is 6.05. The molecule has 1 aromatic carbocycles. The Morgan fingerprint density at radius 1 is 1.18 bits per heavy atom. The van der Waals surface area contributed by atoms with Gasteiger partial charge >= 0.3 is 0 Å². The molecule has 3 atom stereocenters. The number of nitrogens with zero attached hydrogens (tertiary/aromatic N) is 2. The third-order valence-electron chi connectivity index (χ3n) is 6.18. The molecule has 0 radical (unpaired) electrons. The Morgan fingerprint density at radius 2 is 2.07 bits per heavy atom. The van der Waals surface area contributed by atoms with Gasteiger partial charge in [-0.1, -0.05) is 12.1 Å². The summed E-state index contributed by atoms with van der Waals surface area (Å²) >= 11 is 0. The Bertz CT molecular complexity index is 827. The van der Waals surface area contributed by atoms with Gasteiger partial charge in [0.1, 0.15) is 6.04 Å². The molecule has 0 saturated carbocycles. The minimum atomic E-state index is -0.564. The third-order valence-corrected chi connectivity index (χ3v) is 6.18. The summed E-state index contributed by atoms with van der Waals surface area (Å²) < 4.78 is 5.83. The molecule has 1 aromatic rings. The van der Waals surface area contributed by atoms with Gasteiger partial charge in [0.05, 0.1) is 12.7 Å². The lowest BCUT2D eigenvalue weighted by molar-refractivity contribution is -0.136. The number of morpholine rings is 1. The van der Waals surface area contributed by atoms with E-state index >= 15 is 0 Å². The van der Waals surface area contributed by atoms with Crippen LogP contribution >= 0.6 is 0 Å². The van der Waals surface area contributed by atoms with Gasteiger partial charge in [-0.2, -0.15) is 0 Å². The van der Waals surface area contributed by atoms with Crippen LogP contribution in [0.25, 0.3) is 0 Å². The second kappa shape index (κ2) is 6.95. The van der Waals surface area contributed by atoms with Gasteiger partial charge in [0.25, 0.3) is 5.91 Å². The van der Waals surface area contributed by atoms with Crippen molar-refractivity contribution in [3.05, 3.63) is 34.9 Å². The number of amides is 3. The molecule has 3 saturated heterocycles. The van der Waals surface area contributed by atoms with Gasteiger partial charge in [0.2, 0.25) is 11.8 Å². The number of imide groups is 1. The molecule has 148 valence electrons. The van der Waals surface area contributed by atoms with E-state index in [1.54, 1.807) is 4.90 Å². The largest absolute Gasteiger partial charge is 0.374 e. The van der Waals surface area contributed by atoms with Crippen molar-refractivity contribution in [2.24, 2.45) is 0 Å². The van der Waals surface area contributed by atoms with Crippen LogP contribution in [0, 0.1) is 0 Å². The zero-order chi connectivity index (χ0) is 19.3. The minimum Gasteiger partial charge on any atom is -0.374 e. The quantitative estimate of drug-likeness (QED) is 0.691. The van der Waals surface area contributed by atoms with Crippen molar-refractivity contribution in [2.75, 3.05) is 26.2 Å². The average Bonchev–Trinajstić information content (AvgIpc) is 3.23. The predicted octanol–water partition coefficient (Wildman–Crippen LogP) is -0.380. The van der Waals surface area contributed by atoms with Crippen LogP contribution in [0.3, 0.4) is 0 Å². The first kappa shape index (κ1) is 17.8. The van der Waals surface area contributed by atoms with Crippen molar-refractivity contribution in [2.45, 2.75) is 44.1 Å². The van der Waals surface area contributed by atoms with Crippen molar-refractivity contribution >= 4 is 17.7 Å². The highest BCUT2D eigenvalue weighted by Gasteiger charge is 2.39. The molecule has 0 aliphatic carbocycles. The number of carbonyl (C=O) groups excluding carboxylic acids is 3. The van der Waals surface area contributed by atoms with Gasteiger partial charge in [-0.15, -0.1) is 0 Å². The minimum absolute atomic E-state index is 0.119. The van der Waals surface area contributed by atoms with E-state index in [9.17, 15) is 14.4 Å². The molecular formula is C20H24N4O4. The van der Waals surface area contributed by atoms with E-state index < -0.39 is 6.04 Å². The normalized spacial score (nSPS) is 30.4. The van der Waals surface area contributed by atoms with Crippen LogP contribution in [0.4, 0.5) is 0 Å². The number of nitrogens with one attached hydrogen (secondary N) is 2. The van der Waals surface area contributed by atoms with Crippen LogP contribution in [-0.2, 0) is 27.4 Å². The number of ether oxygens (including phenoxy) is 1. The van der Waals surface area contributed by atoms with Crippen LogP contribution in [0.2, 0.25) is 0 Å². The topological polar surface area (TPSA) is 91.0 Å². The highest BCUT2D eigenvalue weighted by atomic mass is 16.5. The number of hydrogen-bond acceptors (Lipinski definition) is 6. The Kier molecular flexibility index (Phi) is 4.41. The maximum atomic E-state index is 12.9. The van der Waals surface area contributed by atoms with Crippen LogP contribution < -0.4 is 10.6 Å². The molecule has 0 aromatic heterocycles. The van der Waals surface area contributed by atoms with Crippen molar-refractivity contribution in [1.82, 2.24) is 20.4 Å². The molecule has 0 bridgehead atoms. The third kappa shape index (κ3) is 3.11. The molecule has 4 aliphatic rings. The number of hydrogen-bond donors (Lipinski definition) is 2.